The lowest BCUT2D eigenvalue weighted by atomic mass is 10.0. The Morgan fingerprint density at radius 3 is 2.42 bits per heavy atom. The van der Waals surface area contributed by atoms with Crippen LogP contribution in [0.15, 0.2) is 60.8 Å². The maximum Gasteiger partial charge on any atom is 0.362 e. The molecule has 3 nitrogen and oxygen atoms in total. The summed E-state index contributed by atoms with van der Waals surface area (Å²) in [6.07, 6.45) is 1.51. The fourth-order valence-electron chi connectivity index (χ4n) is 2.16. The van der Waals surface area contributed by atoms with Crippen molar-refractivity contribution >= 4 is 40.8 Å². The van der Waals surface area contributed by atoms with Gasteiger partial charge in [-0.25, -0.2) is 9.78 Å². The van der Waals surface area contributed by atoms with Gasteiger partial charge in [-0.05, 0) is 30.3 Å². The maximum atomic E-state index is 12.3. The topological polar surface area (TPSA) is 39.2 Å². The number of aromatic nitrogens is 1. The average molecular weight is 379 g/mol. The molecule has 0 saturated heterocycles. The SMILES string of the molecule is O=C(Oc1c(Cl)cccc1-c1ccc(Cl)cc1Cl)c1ccccn1. The van der Waals surface area contributed by atoms with Crippen molar-refractivity contribution in [2.24, 2.45) is 0 Å². The summed E-state index contributed by atoms with van der Waals surface area (Å²) in [5, 5.41) is 1.24. The Hall–Kier alpha value is -2.07. The van der Waals surface area contributed by atoms with Crippen molar-refractivity contribution in [1.82, 2.24) is 4.98 Å². The minimum absolute atomic E-state index is 0.186. The second kappa shape index (κ2) is 7.22. The third-order valence-corrected chi connectivity index (χ3v) is 4.10. The monoisotopic (exact) mass is 377 g/mol. The van der Waals surface area contributed by atoms with Crippen LogP contribution < -0.4 is 4.74 Å². The first-order valence-corrected chi connectivity index (χ1v) is 8.07. The predicted molar refractivity (Wildman–Crippen MR) is 96.1 cm³/mol. The van der Waals surface area contributed by atoms with Crippen molar-refractivity contribution in [2.45, 2.75) is 0 Å². The number of para-hydroxylation sites is 1. The molecule has 3 aromatic rings. The lowest BCUT2D eigenvalue weighted by Gasteiger charge is -2.13. The van der Waals surface area contributed by atoms with Crippen LogP contribution in [0.25, 0.3) is 11.1 Å². The molecule has 1 aromatic heterocycles. The molecule has 0 saturated carbocycles. The summed E-state index contributed by atoms with van der Waals surface area (Å²) < 4.78 is 5.48. The summed E-state index contributed by atoms with van der Waals surface area (Å²) >= 11 is 18.4. The zero-order valence-corrected chi connectivity index (χ0v) is 14.4. The summed E-state index contributed by atoms with van der Waals surface area (Å²) in [4.78, 5) is 16.3. The fraction of sp³-hybridized carbons (Fsp3) is 0. The molecule has 2 aromatic carbocycles. The molecular weight excluding hydrogens is 369 g/mol. The third-order valence-electron chi connectivity index (χ3n) is 3.26. The molecule has 0 fully saturated rings. The first kappa shape index (κ1) is 16.8. The van der Waals surface area contributed by atoms with E-state index in [1.54, 1.807) is 54.6 Å². The van der Waals surface area contributed by atoms with Crippen LogP contribution in [0.1, 0.15) is 10.5 Å². The second-order valence-electron chi connectivity index (χ2n) is 4.85. The van der Waals surface area contributed by atoms with E-state index < -0.39 is 5.97 Å². The number of carbonyl (C=O) groups is 1. The average Bonchev–Trinajstić information content (AvgIpc) is 2.58. The number of pyridine rings is 1. The largest absolute Gasteiger partial charge is 0.420 e. The summed E-state index contributed by atoms with van der Waals surface area (Å²) in [5.74, 6) is -0.380. The van der Waals surface area contributed by atoms with Crippen LogP contribution in [0.4, 0.5) is 0 Å². The van der Waals surface area contributed by atoms with Crippen molar-refractivity contribution < 1.29 is 9.53 Å². The normalized spacial score (nSPS) is 10.5. The van der Waals surface area contributed by atoms with Crippen molar-refractivity contribution in [2.75, 3.05) is 0 Å². The Balaban J connectivity index is 2.04. The van der Waals surface area contributed by atoms with Crippen molar-refractivity contribution in [3.8, 4) is 16.9 Å². The number of ether oxygens (including phenoxy) is 1. The summed E-state index contributed by atoms with van der Waals surface area (Å²) in [5.41, 5.74) is 1.44. The summed E-state index contributed by atoms with van der Waals surface area (Å²) in [7, 11) is 0. The number of esters is 1. The predicted octanol–water partition coefficient (Wildman–Crippen LogP) is 5.93. The molecular formula is C18H10Cl3NO2. The lowest BCUT2D eigenvalue weighted by Crippen LogP contribution is -2.11. The molecule has 3 rings (SSSR count). The smallest absolute Gasteiger partial charge is 0.362 e. The molecule has 0 amide bonds. The van der Waals surface area contributed by atoms with Gasteiger partial charge >= 0.3 is 5.97 Å². The maximum absolute atomic E-state index is 12.3. The Morgan fingerprint density at radius 1 is 0.875 bits per heavy atom. The van der Waals surface area contributed by atoms with Gasteiger partial charge in [0.15, 0.2) is 5.75 Å². The molecule has 0 bridgehead atoms. The van der Waals surface area contributed by atoms with Crippen LogP contribution >= 0.6 is 34.8 Å². The molecule has 0 N–H and O–H groups in total. The quantitative estimate of drug-likeness (QED) is 0.419. The van der Waals surface area contributed by atoms with E-state index in [-0.39, 0.29) is 11.4 Å². The van der Waals surface area contributed by atoms with Crippen LogP contribution in [-0.4, -0.2) is 11.0 Å². The number of hydrogen-bond donors (Lipinski definition) is 0. The van der Waals surface area contributed by atoms with E-state index in [1.165, 1.54) is 6.20 Å². The first-order chi connectivity index (χ1) is 11.6. The van der Waals surface area contributed by atoms with Crippen LogP contribution in [0.5, 0.6) is 5.75 Å². The Labute approximate surface area is 153 Å². The zero-order chi connectivity index (χ0) is 17.1. The van der Waals surface area contributed by atoms with Gasteiger partial charge in [0, 0.05) is 22.3 Å². The van der Waals surface area contributed by atoms with Crippen LogP contribution in [-0.2, 0) is 0 Å². The number of benzene rings is 2. The molecule has 24 heavy (non-hydrogen) atoms. The van der Waals surface area contributed by atoms with Crippen molar-refractivity contribution in [3.63, 3.8) is 0 Å². The van der Waals surface area contributed by atoms with Crippen LogP contribution in [0.3, 0.4) is 0 Å². The van der Waals surface area contributed by atoms with E-state index in [0.29, 0.717) is 26.2 Å². The highest BCUT2D eigenvalue weighted by molar-refractivity contribution is 6.37. The van der Waals surface area contributed by atoms with Gasteiger partial charge in [0.05, 0.1) is 10.0 Å². The van der Waals surface area contributed by atoms with Crippen LogP contribution in [0.2, 0.25) is 15.1 Å². The van der Waals surface area contributed by atoms with Gasteiger partial charge in [0.25, 0.3) is 0 Å². The zero-order valence-electron chi connectivity index (χ0n) is 12.2. The Morgan fingerprint density at radius 2 is 1.71 bits per heavy atom. The van der Waals surface area contributed by atoms with E-state index in [2.05, 4.69) is 4.98 Å². The fourth-order valence-corrected chi connectivity index (χ4v) is 2.88. The molecule has 0 aliphatic carbocycles. The van der Waals surface area contributed by atoms with E-state index in [0.717, 1.165) is 0 Å². The van der Waals surface area contributed by atoms with Gasteiger partial charge in [0.1, 0.15) is 5.69 Å². The molecule has 0 aliphatic rings. The first-order valence-electron chi connectivity index (χ1n) is 6.93. The number of carbonyl (C=O) groups excluding carboxylic acids is 1. The molecule has 120 valence electrons. The minimum Gasteiger partial charge on any atom is -0.420 e. The van der Waals surface area contributed by atoms with E-state index in [4.69, 9.17) is 39.5 Å². The van der Waals surface area contributed by atoms with E-state index in [9.17, 15) is 4.79 Å². The lowest BCUT2D eigenvalue weighted by molar-refractivity contribution is 0.0729. The standard InChI is InChI=1S/C18H10Cl3NO2/c19-11-7-8-12(15(21)10-11)13-4-3-5-14(20)17(13)24-18(23)16-6-1-2-9-22-16/h1-10H. The van der Waals surface area contributed by atoms with Gasteiger partial charge in [-0.3, -0.25) is 0 Å². The van der Waals surface area contributed by atoms with Gasteiger partial charge in [-0.1, -0.05) is 59.1 Å². The molecule has 0 spiro atoms. The van der Waals surface area contributed by atoms with Crippen LogP contribution in [0, 0.1) is 0 Å². The number of nitrogens with zero attached hydrogens (tertiary/aromatic N) is 1. The number of halogens is 3. The van der Waals surface area contributed by atoms with Crippen molar-refractivity contribution in [1.29, 1.82) is 0 Å². The number of rotatable bonds is 3. The van der Waals surface area contributed by atoms with Gasteiger partial charge < -0.3 is 4.74 Å². The summed E-state index contributed by atoms with van der Waals surface area (Å²) in [6, 6.07) is 15.2. The molecule has 0 atom stereocenters. The van der Waals surface area contributed by atoms with Gasteiger partial charge in [-0.15, -0.1) is 0 Å². The van der Waals surface area contributed by atoms with Gasteiger partial charge in [0.2, 0.25) is 0 Å². The van der Waals surface area contributed by atoms with E-state index >= 15 is 0 Å². The molecule has 1 heterocycles. The second-order valence-corrected chi connectivity index (χ2v) is 6.10. The highest BCUT2D eigenvalue weighted by Gasteiger charge is 2.18. The van der Waals surface area contributed by atoms with Crippen molar-refractivity contribution in [3.05, 3.63) is 81.6 Å². The molecule has 0 unspecified atom stereocenters. The number of hydrogen-bond acceptors (Lipinski definition) is 3. The van der Waals surface area contributed by atoms with Gasteiger partial charge in [-0.2, -0.15) is 0 Å². The summed E-state index contributed by atoms with van der Waals surface area (Å²) in [6.45, 7) is 0. The highest BCUT2D eigenvalue weighted by Crippen LogP contribution is 2.40. The van der Waals surface area contributed by atoms with E-state index in [1.807, 2.05) is 0 Å². The molecule has 6 heteroatoms. The molecule has 0 aliphatic heterocycles. The highest BCUT2D eigenvalue weighted by atomic mass is 35.5. The molecule has 0 radical (unpaired) electrons. The third kappa shape index (κ3) is 3.54. The minimum atomic E-state index is -0.602. The Kier molecular flexibility index (Phi) is 5.05. The Bertz CT molecular complexity index is 898.